The van der Waals surface area contributed by atoms with E-state index in [-0.39, 0.29) is 5.97 Å². The van der Waals surface area contributed by atoms with E-state index in [1.807, 2.05) is 20.9 Å². The predicted molar refractivity (Wildman–Crippen MR) is 78.1 cm³/mol. The highest BCUT2D eigenvalue weighted by atomic mass is 16.5. The molecule has 2 atom stereocenters. The van der Waals surface area contributed by atoms with E-state index in [1.165, 1.54) is 12.8 Å². The molecule has 1 saturated heterocycles. The van der Waals surface area contributed by atoms with Crippen LogP contribution in [0.5, 0.6) is 0 Å². The van der Waals surface area contributed by atoms with E-state index in [0.717, 1.165) is 25.4 Å². The van der Waals surface area contributed by atoms with Crippen LogP contribution in [0.25, 0.3) is 0 Å². The summed E-state index contributed by atoms with van der Waals surface area (Å²) < 4.78 is 5.18. The van der Waals surface area contributed by atoms with Crippen molar-refractivity contribution in [2.75, 3.05) is 26.7 Å². The molecule has 0 aliphatic carbocycles. The molecular formula is C15H30N2O2. The summed E-state index contributed by atoms with van der Waals surface area (Å²) in [6.07, 6.45) is 3.32. The lowest BCUT2D eigenvalue weighted by Gasteiger charge is -2.38. The molecule has 0 aromatic heterocycles. The zero-order valence-electron chi connectivity index (χ0n) is 13.2. The number of nitrogens with zero attached hydrogens (tertiary/aromatic N) is 1. The van der Waals surface area contributed by atoms with Crippen LogP contribution in [0.2, 0.25) is 0 Å². The molecule has 1 aliphatic rings. The van der Waals surface area contributed by atoms with E-state index in [0.29, 0.717) is 12.6 Å². The van der Waals surface area contributed by atoms with Gasteiger partial charge in [0.25, 0.3) is 0 Å². The van der Waals surface area contributed by atoms with E-state index < -0.39 is 5.54 Å². The van der Waals surface area contributed by atoms with Gasteiger partial charge in [0.2, 0.25) is 0 Å². The van der Waals surface area contributed by atoms with Gasteiger partial charge < -0.3 is 15.0 Å². The van der Waals surface area contributed by atoms with Gasteiger partial charge in [-0.2, -0.15) is 0 Å². The summed E-state index contributed by atoms with van der Waals surface area (Å²) in [5.41, 5.74) is -0.585. The van der Waals surface area contributed by atoms with E-state index in [4.69, 9.17) is 4.74 Å². The summed E-state index contributed by atoms with van der Waals surface area (Å²) in [4.78, 5) is 14.6. The number of nitrogens with one attached hydrogen (secondary N) is 1. The fourth-order valence-corrected chi connectivity index (χ4v) is 2.77. The van der Waals surface area contributed by atoms with Gasteiger partial charge in [-0.05, 0) is 66.1 Å². The first kappa shape index (κ1) is 16.4. The Morgan fingerprint density at radius 2 is 2.05 bits per heavy atom. The molecule has 0 saturated carbocycles. The quantitative estimate of drug-likeness (QED) is 0.750. The first-order chi connectivity index (χ1) is 8.92. The number of esters is 1. The molecule has 0 amide bonds. The van der Waals surface area contributed by atoms with Crippen LogP contribution in [0.3, 0.4) is 0 Å². The van der Waals surface area contributed by atoms with Crippen molar-refractivity contribution in [3.05, 3.63) is 0 Å². The number of likely N-dealkylation sites (N-methyl/N-ethyl adjacent to an activating group) is 1. The molecule has 0 bridgehead atoms. The van der Waals surface area contributed by atoms with Crippen LogP contribution in [0.4, 0.5) is 0 Å². The fourth-order valence-electron chi connectivity index (χ4n) is 2.77. The Balaban J connectivity index is 2.57. The average molecular weight is 270 g/mol. The molecule has 1 heterocycles. The normalized spacial score (nSPS) is 22.8. The maximum absolute atomic E-state index is 12.1. The van der Waals surface area contributed by atoms with Gasteiger partial charge in [-0.25, -0.2) is 0 Å². The minimum absolute atomic E-state index is 0.144. The predicted octanol–water partition coefficient (Wildman–Crippen LogP) is 2.04. The largest absolute Gasteiger partial charge is 0.465 e. The van der Waals surface area contributed by atoms with Crippen molar-refractivity contribution in [3.8, 4) is 0 Å². The van der Waals surface area contributed by atoms with Crippen LogP contribution >= 0.6 is 0 Å². The third kappa shape index (κ3) is 4.46. The summed E-state index contributed by atoms with van der Waals surface area (Å²) in [7, 11) is 1.84. The molecule has 1 aliphatic heterocycles. The van der Waals surface area contributed by atoms with Gasteiger partial charge in [-0.15, -0.1) is 0 Å². The molecule has 1 rings (SSSR count). The minimum atomic E-state index is -0.585. The van der Waals surface area contributed by atoms with Crippen LogP contribution in [0.1, 0.15) is 47.0 Å². The zero-order valence-corrected chi connectivity index (χ0v) is 13.2. The zero-order chi connectivity index (χ0) is 14.5. The molecule has 0 aromatic carbocycles. The maximum atomic E-state index is 12.1. The second-order valence-corrected chi connectivity index (χ2v) is 6.07. The highest BCUT2D eigenvalue weighted by Gasteiger charge is 2.36. The second kappa shape index (κ2) is 7.25. The molecule has 4 nitrogen and oxygen atoms in total. The minimum Gasteiger partial charge on any atom is -0.465 e. The number of piperidine rings is 1. The van der Waals surface area contributed by atoms with Crippen molar-refractivity contribution >= 4 is 5.97 Å². The molecule has 0 spiro atoms. The molecule has 1 fully saturated rings. The highest BCUT2D eigenvalue weighted by molar-refractivity contribution is 5.80. The van der Waals surface area contributed by atoms with Crippen LogP contribution in [0, 0.1) is 5.92 Å². The Kier molecular flexibility index (Phi) is 6.27. The van der Waals surface area contributed by atoms with Gasteiger partial charge >= 0.3 is 5.97 Å². The summed E-state index contributed by atoms with van der Waals surface area (Å²) in [6, 6.07) is 0.398. The first-order valence-corrected chi connectivity index (χ1v) is 7.53. The molecule has 112 valence electrons. The second-order valence-electron chi connectivity index (χ2n) is 6.07. The molecule has 0 radical (unpaired) electrons. The summed E-state index contributed by atoms with van der Waals surface area (Å²) in [5.74, 6) is 0.693. The van der Waals surface area contributed by atoms with Gasteiger partial charge in [0.15, 0.2) is 0 Å². The lowest BCUT2D eigenvalue weighted by molar-refractivity contribution is -0.151. The fraction of sp³-hybridized carbons (Fsp3) is 0.933. The lowest BCUT2D eigenvalue weighted by atomic mass is 9.91. The first-order valence-electron chi connectivity index (χ1n) is 7.53. The monoisotopic (exact) mass is 270 g/mol. The maximum Gasteiger partial charge on any atom is 0.326 e. The van der Waals surface area contributed by atoms with Crippen molar-refractivity contribution in [1.82, 2.24) is 10.2 Å². The summed E-state index contributed by atoms with van der Waals surface area (Å²) >= 11 is 0. The standard InChI is InChI=1S/C15H30N2O2/c1-6-19-14(18)15(4,16-5)11-13(3)17-9-7-12(2)8-10-17/h12-13,16H,6-11H2,1-5H3. The molecular weight excluding hydrogens is 240 g/mol. The Morgan fingerprint density at radius 1 is 1.47 bits per heavy atom. The number of hydrogen-bond acceptors (Lipinski definition) is 4. The van der Waals surface area contributed by atoms with E-state index in [9.17, 15) is 4.79 Å². The Morgan fingerprint density at radius 3 is 2.53 bits per heavy atom. The van der Waals surface area contributed by atoms with Crippen LogP contribution in [0.15, 0.2) is 0 Å². The number of likely N-dealkylation sites (tertiary alicyclic amines) is 1. The Labute approximate surface area is 117 Å². The SMILES string of the molecule is CCOC(=O)C(C)(CC(C)N1CCC(C)CC1)NC. The number of carbonyl (C=O) groups is 1. The molecule has 4 heteroatoms. The van der Waals surface area contributed by atoms with E-state index >= 15 is 0 Å². The van der Waals surface area contributed by atoms with Crippen molar-refractivity contribution in [1.29, 1.82) is 0 Å². The number of carbonyl (C=O) groups excluding carboxylic acids is 1. The van der Waals surface area contributed by atoms with E-state index in [2.05, 4.69) is 24.1 Å². The lowest BCUT2D eigenvalue weighted by Crippen LogP contribution is -2.53. The number of rotatable bonds is 6. The van der Waals surface area contributed by atoms with Gasteiger partial charge in [0.05, 0.1) is 6.61 Å². The molecule has 2 unspecified atom stereocenters. The van der Waals surface area contributed by atoms with Gasteiger partial charge in [-0.1, -0.05) is 6.92 Å². The van der Waals surface area contributed by atoms with Crippen molar-refractivity contribution < 1.29 is 9.53 Å². The Hall–Kier alpha value is -0.610. The van der Waals surface area contributed by atoms with E-state index in [1.54, 1.807) is 0 Å². The van der Waals surface area contributed by atoms with Gasteiger partial charge in [-0.3, -0.25) is 4.79 Å². The highest BCUT2D eigenvalue weighted by Crippen LogP contribution is 2.23. The summed E-state index contributed by atoms with van der Waals surface area (Å²) in [5, 5.41) is 3.14. The van der Waals surface area contributed by atoms with Gasteiger partial charge in [0.1, 0.15) is 5.54 Å². The number of ether oxygens (including phenoxy) is 1. The molecule has 19 heavy (non-hydrogen) atoms. The van der Waals surface area contributed by atoms with Crippen LogP contribution < -0.4 is 5.32 Å². The van der Waals surface area contributed by atoms with Crippen LogP contribution in [-0.2, 0) is 9.53 Å². The topological polar surface area (TPSA) is 41.6 Å². The van der Waals surface area contributed by atoms with Crippen molar-refractivity contribution in [2.24, 2.45) is 5.92 Å². The third-order valence-electron chi connectivity index (χ3n) is 4.42. The molecule has 1 N–H and O–H groups in total. The van der Waals surface area contributed by atoms with Crippen molar-refractivity contribution in [3.63, 3.8) is 0 Å². The molecule has 0 aromatic rings. The third-order valence-corrected chi connectivity index (χ3v) is 4.42. The smallest absolute Gasteiger partial charge is 0.326 e. The number of hydrogen-bond donors (Lipinski definition) is 1. The Bertz CT molecular complexity index is 288. The van der Waals surface area contributed by atoms with Crippen LogP contribution in [-0.4, -0.2) is 49.2 Å². The van der Waals surface area contributed by atoms with Gasteiger partial charge in [0, 0.05) is 6.04 Å². The summed E-state index contributed by atoms with van der Waals surface area (Å²) in [6.45, 7) is 11.0. The average Bonchev–Trinajstić information content (AvgIpc) is 2.39. The van der Waals surface area contributed by atoms with Crippen molar-refractivity contribution in [2.45, 2.75) is 58.5 Å².